The molecule has 1 N–H and O–H groups in total. The Morgan fingerprint density at radius 1 is 1.18 bits per heavy atom. The Labute approximate surface area is 224 Å². The first-order valence-electron chi connectivity index (χ1n) is 12.8. The van der Waals surface area contributed by atoms with Crippen LogP contribution in [-0.2, 0) is 20.0 Å². The second-order valence-electron chi connectivity index (χ2n) is 10.1. The van der Waals surface area contributed by atoms with E-state index in [1.165, 1.54) is 23.5 Å². The van der Waals surface area contributed by atoms with E-state index in [9.17, 15) is 26.3 Å². The van der Waals surface area contributed by atoms with Gasteiger partial charge in [0.05, 0.1) is 18.0 Å². The molecule has 38 heavy (non-hydrogen) atoms. The number of fused-ring (bicyclic) bond motifs is 1. The third-order valence-electron chi connectivity index (χ3n) is 7.29. The summed E-state index contributed by atoms with van der Waals surface area (Å²) in [5.74, 6) is -0.799. The van der Waals surface area contributed by atoms with Gasteiger partial charge in [0.2, 0.25) is 20.0 Å². The van der Waals surface area contributed by atoms with E-state index in [0.29, 0.717) is 0 Å². The Bertz CT molecular complexity index is 1390. The summed E-state index contributed by atoms with van der Waals surface area (Å²) in [5, 5.41) is 9.83. The number of aliphatic hydroxyl groups excluding tert-OH is 1. The lowest BCUT2D eigenvalue weighted by Gasteiger charge is -2.37. The molecule has 2 aromatic rings. The number of likely N-dealkylation sites (N-methyl/N-ethyl adjacent to an activating group) is 1. The van der Waals surface area contributed by atoms with Crippen molar-refractivity contribution in [1.29, 1.82) is 0 Å². The fourth-order valence-electron chi connectivity index (χ4n) is 4.88. The lowest BCUT2D eigenvalue weighted by Crippen LogP contribution is -2.50. The molecule has 0 saturated heterocycles. The zero-order valence-electron chi connectivity index (χ0n) is 21.9. The number of rotatable bonds is 7. The molecule has 0 bridgehead atoms. The van der Waals surface area contributed by atoms with E-state index in [2.05, 4.69) is 6.08 Å². The van der Waals surface area contributed by atoms with E-state index in [4.69, 9.17) is 4.74 Å². The topological polar surface area (TPSA) is 104 Å². The monoisotopic (exact) mass is 566 g/mol. The normalized spacial score (nSPS) is 23.1. The molecular weight excluding hydrogens is 531 g/mol. The molecule has 2 aromatic carbocycles. The molecule has 0 unspecified atom stereocenters. The van der Waals surface area contributed by atoms with E-state index < -0.39 is 43.9 Å². The fourth-order valence-corrected chi connectivity index (χ4v) is 7.89. The summed E-state index contributed by atoms with van der Waals surface area (Å²) in [7, 11) is -6.53. The average Bonchev–Trinajstić information content (AvgIpc) is 2.90. The molecule has 0 saturated carbocycles. The van der Waals surface area contributed by atoms with Crippen LogP contribution in [0.2, 0.25) is 0 Å². The molecule has 1 heterocycles. The zero-order valence-corrected chi connectivity index (χ0v) is 23.5. The average molecular weight is 567 g/mol. The van der Waals surface area contributed by atoms with Gasteiger partial charge in [0.25, 0.3) is 0 Å². The van der Waals surface area contributed by atoms with Gasteiger partial charge in [-0.1, -0.05) is 19.1 Å². The second kappa shape index (κ2) is 11.4. The van der Waals surface area contributed by atoms with E-state index in [0.717, 1.165) is 53.3 Å². The first kappa shape index (κ1) is 28.7. The molecular formula is C27H35FN2O6S2. The van der Waals surface area contributed by atoms with Gasteiger partial charge in [0.15, 0.2) is 0 Å². The van der Waals surface area contributed by atoms with Crippen molar-refractivity contribution in [2.45, 2.75) is 61.5 Å². The first-order valence-corrected chi connectivity index (χ1v) is 15.7. The number of benzene rings is 2. The summed E-state index contributed by atoms with van der Waals surface area (Å²) in [6.07, 6.45) is 5.47. The molecule has 0 fully saturated rings. The number of nitrogens with zero attached hydrogens (tertiary/aromatic N) is 2. The fraction of sp³-hybridized carbons (Fsp3) is 0.481. The van der Waals surface area contributed by atoms with Crippen LogP contribution in [0, 0.1) is 11.7 Å². The van der Waals surface area contributed by atoms with Crippen LogP contribution in [0.25, 0.3) is 5.57 Å². The predicted molar refractivity (Wildman–Crippen MR) is 143 cm³/mol. The first-order chi connectivity index (χ1) is 17.9. The number of hydrogen-bond donors (Lipinski definition) is 1. The van der Waals surface area contributed by atoms with Crippen LogP contribution >= 0.6 is 0 Å². The SMILES string of the molecule is C[C@@H]1CN([C@H](C)CO)S(=O)(=O)c2ccc(C3=CCCCC3)cc2O[C@H]1CN(C)S(=O)(=O)c1ccc(F)cc1. The minimum absolute atomic E-state index is 0.0149. The highest BCUT2D eigenvalue weighted by molar-refractivity contribution is 7.89. The van der Waals surface area contributed by atoms with Gasteiger partial charge in [0.1, 0.15) is 22.6 Å². The molecule has 0 spiro atoms. The minimum atomic E-state index is -4.00. The predicted octanol–water partition coefficient (Wildman–Crippen LogP) is 3.87. The highest BCUT2D eigenvalue weighted by atomic mass is 32.2. The lowest BCUT2D eigenvalue weighted by atomic mass is 9.93. The smallest absolute Gasteiger partial charge is 0.247 e. The summed E-state index contributed by atoms with van der Waals surface area (Å²) in [6.45, 7) is 3.04. The van der Waals surface area contributed by atoms with Crippen LogP contribution in [0.4, 0.5) is 4.39 Å². The van der Waals surface area contributed by atoms with Gasteiger partial charge in [-0.15, -0.1) is 0 Å². The molecule has 2 aliphatic rings. The molecule has 3 atom stereocenters. The maximum absolute atomic E-state index is 13.7. The van der Waals surface area contributed by atoms with Crippen molar-refractivity contribution in [3.05, 3.63) is 59.9 Å². The Morgan fingerprint density at radius 2 is 1.89 bits per heavy atom. The summed E-state index contributed by atoms with van der Waals surface area (Å²) < 4.78 is 75.9. The maximum atomic E-state index is 13.7. The molecule has 11 heteroatoms. The number of aliphatic hydroxyl groups is 1. The standard InChI is InChI=1S/C27H35FN2O6S2/c1-19-16-30(20(2)18-31)38(34,35)27-14-9-22(21-7-5-4-6-8-21)15-25(27)36-26(19)17-29(3)37(32,33)24-12-10-23(28)11-13-24/h7,9-15,19-20,26,31H,4-6,8,16-18H2,1-3H3/t19-,20-,26+/m1/s1. The molecule has 0 aromatic heterocycles. The van der Waals surface area contributed by atoms with E-state index >= 15 is 0 Å². The third-order valence-corrected chi connectivity index (χ3v) is 11.1. The number of hydrogen-bond acceptors (Lipinski definition) is 6. The summed E-state index contributed by atoms with van der Waals surface area (Å²) in [5.41, 5.74) is 2.00. The van der Waals surface area contributed by atoms with Crippen LogP contribution in [0.1, 0.15) is 45.1 Å². The second-order valence-corrected chi connectivity index (χ2v) is 14.0. The van der Waals surface area contributed by atoms with Crippen molar-refractivity contribution < 1.29 is 31.1 Å². The molecule has 0 radical (unpaired) electrons. The Kier molecular flexibility index (Phi) is 8.63. The van der Waals surface area contributed by atoms with Gasteiger partial charge in [-0.3, -0.25) is 0 Å². The van der Waals surface area contributed by atoms with Crippen LogP contribution < -0.4 is 4.74 Å². The van der Waals surface area contributed by atoms with Gasteiger partial charge in [-0.25, -0.2) is 21.2 Å². The number of allylic oxidation sites excluding steroid dienone is 2. The Morgan fingerprint density at radius 3 is 2.53 bits per heavy atom. The Hall–Kier alpha value is -2.31. The van der Waals surface area contributed by atoms with Gasteiger partial charge < -0.3 is 9.84 Å². The summed E-state index contributed by atoms with van der Waals surface area (Å²) in [4.78, 5) is -0.0659. The van der Waals surface area contributed by atoms with Crippen LogP contribution in [0.3, 0.4) is 0 Å². The van der Waals surface area contributed by atoms with Crippen LogP contribution in [0.15, 0.2) is 58.3 Å². The van der Waals surface area contributed by atoms with Gasteiger partial charge in [0, 0.05) is 25.6 Å². The van der Waals surface area contributed by atoms with Gasteiger partial charge in [-0.05, 0) is 80.1 Å². The number of sulfonamides is 2. The quantitative estimate of drug-likeness (QED) is 0.546. The summed E-state index contributed by atoms with van der Waals surface area (Å²) >= 11 is 0. The molecule has 0 amide bonds. The van der Waals surface area contributed by atoms with Gasteiger partial charge in [-0.2, -0.15) is 8.61 Å². The van der Waals surface area contributed by atoms with Crippen molar-refractivity contribution in [2.24, 2.45) is 5.92 Å². The van der Waals surface area contributed by atoms with E-state index in [1.807, 2.05) is 0 Å². The minimum Gasteiger partial charge on any atom is -0.487 e. The zero-order chi connectivity index (χ0) is 27.7. The van der Waals surface area contributed by atoms with E-state index in [1.54, 1.807) is 32.0 Å². The highest BCUT2D eigenvalue weighted by Crippen LogP contribution is 2.37. The Balaban J connectivity index is 1.74. The van der Waals surface area contributed by atoms with Crippen molar-refractivity contribution in [3.63, 3.8) is 0 Å². The van der Waals surface area contributed by atoms with Crippen LogP contribution in [-0.4, -0.2) is 69.4 Å². The summed E-state index contributed by atoms with van der Waals surface area (Å²) in [6, 6.07) is 8.96. The molecule has 4 rings (SSSR count). The van der Waals surface area contributed by atoms with E-state index in [-0.39, 0.29) is 35.2 Å². The largest absolute Gasteiger partial charge is 0.487 e. The third kappa shape index (κ3) is 5.81. The molecule has 208 valence electrons. The van der Waals surface area contributed by atoms with Crippen molar-refractivity contribution >= 4 is 25.6 Å². The molecule has 1 aliphatic carbocycles. The molecule has 1 aliphatic heterocycles. The van der Waals surface area contributed by atoms with Crippen molar-refractivity contribution in [2.75, 3.05) is 26.7 Å². The number of ether oxygens (including phenoxy) is 1. The maximum Gasteiger partial charge on any atom is 0.247 e. The molecule has 8 nitrogen and oxygen atoms in total. The highest BCUT2D eigenvalue weighted by Gasteiger charge is 2.39. The van der Waals surface area contributed by atoms with Gasteiger partial charge >= 0.3 is 0 Å². The van der Waals surface area contributed by atoms with Crippen molar-refractivity contribution in [3.8, 4) is 5.75 Å². The number of halogens is 1. The van der Waals surface area contributed by atoms with Crippen molar-refractivity contribution in [1.82, 2.24) is 8.61 Å². The lowest BCUT2D eigenvalue weighted by molar-refractivity contribution is 0.0904. The van der Waals surface area contributed by atoms with Crippen LogP contribution in [0.5, 0.6) is 5.75 Å².